The summed E-state index contributed by atoms with van der Waals surface area (Å²) < 4.78 is 26.8. The molecule has 0 aliphatic heterocycles. The molecule has 1 aromatic heterocycles. The predicted molar refractivity (Wildman–Crippen MR) is 64.0 cm³/mol. The second kappa shape index (κ2) is 5.16. The fourth-order valence-electron chi connectivity index (χ4n) is 1.60. The topological polar surface area (TPSA) is 95.1 Å². The van der Waals surface area contributed by atoms with E-state index in [4.69, 9.17) is 0 Å². The predicted octanol–water partition coefficient (Wildman–Crippen LogP) is 0.548. The average molecular weight is 261 g/mol. The number of aliphatic hydroxyl groups excluding tert-OH is 1. The number of aromatic amines is 1. The third-order valence-corrected chi connectivity index (χ3v) is 4.77. The fraction of sp³-hybridized carbons (Fsp3) is 0.700. The van der Waals surface area contributed by atoms with E-state index in [1.54, 1.807) is 6.92 Å². The minimum absolute atomic E-state index is 0.122. The van der Waals surface area contributed by atoms with Crippen LogP contribution in [0.3, 0.4) is 0 Å². The van der Waals surface area contributed by atoms with Gasteiger partial charge in [-0.1, -0.05) is 13.8 Å². The Morgan fingerprint density at radius 1 is 1.47 bits per heavy atom. The van der Waals surface area contributed by atoms with Gasteiger partial charge in [-0.25, -0.2) is 13.1 Å². The summed E-state index contributed by atoms with van der Waals surface area (Å²) >= 11 is 0. The third kappa shape index (κ3) is 2.85. The zero-order valence-corrected chi connectivity index (χ0v) is 11.1. The molecular weight excluding hydrogens is 242 g/mol. The Morgan fingerprint density at radius 3 is 2.41 bits per heavy atom. The molecule has 0 saturated heterocycles. The van der Waals surface area contributed by atoms with Crippen LogP contribution in [0, 0.1) is 6.92 Å². The van der Waals surface area contributed by atoms with Gasteiger partial charge < -0.3 is 5.11 Å². The third-order valence-electron chi connectivity index (χ3n) is 3.08. The van der Waals surface area contributed by atoms with Gasteiger partial charge in [0.25, 0.3) is 0 Å². The monoisotopic (exact) mass is 261 g/mol. The van der Waals surface area contributed by atoms with Crippen LogP contribution in [-0.4, -0.2) is 35.9 Å². The normalized spacial score (nSPS) is 12.9. The molecule has 7 heteroatoms. The largest absolute Gasteiger partial charge is 0.394 e. The van der Waals surface area contributed by atoms with Crippen LogP contribution in [-0.2, 0) is 10.0 Å². The SMILES string of the molecule is CCC(CC)(CO)NS(=O)(=O)c1cn[nH]c1C. The Bertz CT molecular complexity index is 455. The maximum Gasteiger partial charge on any atom is 0.244 e. The summed E-state index contributed by atoms with van der Waals surface area (Å²) in [7, 11) is -3.65. The van der Waals surface area contributed by atoms with E-state index in [9.17, 15) is 13.5 Å². The molecule has 0 unspecified atom stereocenters. The van der Waals surface area contributed by atoms with Crippen LogP contribution in [0.4, 0.5) is 0 Å². The Morgan fingerprint density at radius 2 is 2.06 bits per heavy atom. The minimum atomic E-state index is -3.65. The van der Waals surface area contributed by atoms with E-state index >= 15 is 0 Å². The number of aromatic nitrogens is 2. The van der Waals surface area contributed by atoms with E-state index in [-0.39, 0.29) is 11.5 Å². The number of hydrogen-bond donors (Lipinski definition) is 3. The van der Waals surface area contributed by atoms with Crippen molar-refractivity contribution in [1.82, 2.24) is 14.9 Å². The molecule has 0 amide bonds. The minimum Gasteiger partial charge on any atom is -0.394 e. The first kappa shape index (κ1) is 14.1. The van der Waals surface area contributed by atoms with Crippen molar-refractivity contribution in [2.45, 2.75) is 44.0 Å². The van der Waals surface area contributed by atoms with Crippen LogP contribution in [0.2, 0.25) is 0 Å². The van der Waals surface area contributed by atoms with Crippen LogP contribution in [0.15, 0.2) is 11.1 Å². The van der Waals surface area contributed by atoms with Gasteiger partial charge in [-0.05, 0) is 19.8 Å². The second-order valence-electron chi connectivity index (χ2n) is 4.11. The molecule has 0 atom stereocenters. The number of aliphatic hydroxyl groups is 1. The molecule has 1 rings (SSSR count). The van der Waals surface area contributed by atoms with E-state index < -0.39 is 15.6 Å². The zero-order chi connectivity index (χ0) is 13.1. The van der Waals surface area contributed by atoms with Gasteiger partial charge >= 0.3 is 0 Å². The average Bonchev–Trinajstić information content (AvgIpc) is 2.73. The first-order valence-electron chi connectivity index (χ1n) is 5.55. The molecule has 1 aromatic rings. The molecule has 17 heavy (non-hydrogen) atoms. The zero-order valence-electron chi connectivity index (χ0n) is 10.3. The van der Waals surface area contributed by atoms with Crippen LogP contribution in [0.25, 0.3) is 0 Å². The van der Waals surface area contributed by atoms with E-state index in [1.807, 2.05) is 13.8 Å². The number of sulfonamides is 1. The van der Waals surface area contributed by atoms with Crippen LogP contribution >= 0.6 is 0 Å². The fourth-order valence-corrected chi connectivity index (χ4v) is 3.27. The highest BCUT2D eigenvalue weighted by atomic mass is 32.2. The molecule has 0 saturated carbocycles. The molecule has 0 spiro atoms. The van der Waals surface area contributed by atoms with E-state index in [0.717, 1.165) is 0 Å². The molecule has 98 valence electrons. The van der Waals surface area contributed by atoms with Crippen molar-refractivity contribution in [2.75, 3.05) is 6.61 Å². The highest BCUT2D eigenvalue weighted by molar-refractivity contribution is 7.89. The summed E-state index contributed by atoms with van der Waals surface area (Å²) in [6.45, 7) is 5.09. The first-order chi connectivity index (χ1) is 7.90. The molecule has 0 radical (unpaired) electrons. The molecule has 0 bridgehead atoms. The van der Waals surface area contributed by atoms with Gasteiger partial charge in [0.05, 0.1) is 24.0 Å². The molecule has 1 heterocycles. The first-order valence-corrected chi connectivity index (χ1v) is 7.04. The molecule has 0 fully saturated rings. The molecule has 0 aliphatic rings. The lowest BCUT2D eigenvalue weighted by Gasteiger charge is -2.30. The Hall–Kier alpha value is -0.920. The molecule has 6 nitrogen and oxygen atoms in total. The van der Waals surface area contributed by atoms with E-state index in [2.05, 4.69) is 14.9 Å². The van der Waals surface area contributed by atoms with E-state index in [1.165, 1.54) is 6.20 Å². The Balaban J connectivity index is 3.05. The maximum atomic E-state index is 12.1. The second-order valence-corrected chi connectivity index (χ2v) is 5.76. The quantitative estimate of drug-likeness (QED) is 0.697. The Labute approximate surface area is 101 Å². The van der Waals surface area contributed by atoms with Crippen LogP contribution in [0.5, 0.6) is 0 Å². The summed E-state index contributed by atoms with van der Waals surface area (Å²) in [6, 6.07) is 0. The van der Waals surface area contributed by atoms with Gasteiger partial charge in [-0.3, -0.25) is 5.10 Å². The van der Waals surface area contributed by atoms with Gasteiger partial charge in [0.2, 0.25) is 10.0 Å². The van der Waals surface area contributed by atoms with Crippen molar-refractivity contribution in [2.24, 2.45) is 0 Å². The lowest BCUT2D eigenvalue weighted by Crippen LogP contribution is -2.50. The van der Waals surface area contributed by atoms with Gasteiger partial charge in [-0.15, -0.1) is 0 Å². The van der Waals surface area contributed by atoms with Gasteiger partial charge in [0.15, 0.2) is 0 Å². The number of H-pyrrole nitrogens is 1. The summed E-state index contributed by atoms with van der Waals surface area (Å²) in [5.41, 5.74) is -0.320. The van der Waals surface area contributed by atoms with Gasteiger partial charge in [-0.2, -0.15) is 5.10 Å². The molecule has 3 N–H and O–H groups in total. The number of hydrogen-bond acceptors (Lipinski definition) is 4. The van der Waals surface area contributed by atoms with Crippen molar-refractivity contribution in [3.63, 3.8) is 0 Å². The highest BCUT2D eigenvalue weighted by Gasteiger charge is 2.32. The van der Waals surface area contributed by atoms with Crippen molar-refractivity contribution in [3.05, 3.63) is 11.9 Å². The molecular formula is C10H19N3O3S. The van der Waals surface area contributed by atoms with Crippen molar-refractivity contribution in [1.29, 1.82) is 0 Å². The van der Waals surface area contributed by atoms with Crippen molar-refractivity contribution >= 4 is 10.0 Å². The molecule has 0 aromatic carbocycles. The van der Waals surface area contributed by atoms with Gasteiger partial charge in [0, 0.05) is 0 Å². The summed E-state index contributed by atoms with van der Waals surface area (Å²) in [4.78, 5) is 0.122. The van der Waals surface area contributed by atoms with Crippen LogP contribution in [0.1, 0.15) is 32.4 Å². The summed E-state index contributed by atoms with van der Waals surface area (Å²) in [6.07, 6.45) is 2.32. The highest BCUT2D eigenvalue weighted by Crippen LogP contribution is 2.20. The van der Waals surface area contributed by atoms with Crippen molar-refractivity contribution in [3.8, 4) is 0 Å². The van der Waals surface area contributed by atoms with Crippen molar-refractivity contribution < 1.29 is 13.5 Å². The van der Waals surface area contributed by atoms with Gasteiger partial charge in [0.1, 0.15) is 4.90 Å². The lowest BCUT2D eigenvalue weighted by atomic mass is 9.96. The number of nitrogens with one attached hydrogen (secondary N) is 2. The number of rotatable bonds is 6. The smallest absolute Gasteiger partial charge is 0.244 e. The summed E-state index contributed by atoms with van der Waals surface area (Å²) in [5.74, 6) is 0. The lowest BCUT2D eigenvalue weighted by molar-refractivity contribution is 0.172. The molecule has 0 aliphatic carbocycles. The maximum absolute atomic E-state index is 12.1. The Kier molecular flexibility index (Phi) is 4.29. The summed E-state index contributed by atoms with van der Waals surface area (Å²) in [5, 5.41) is 15.6. The number of aryl methyl sites for hydroxylation is 1. The van der Waals surface area contributed by atoms with Crippen LogP contribution < -0.4 is 4.72 Å². The number of nitrogens with zero attached hydrogens (tertiary/aromatic N) is 1. The standard InChI is InChI=1S/C10H19N3O3S/c1-4-10(5-2,7-14)13-17(15,16)9-6-11-12-8(9)3/h6,13-14H,4-5,7H2,1-3H3,(H,11,12). The van der Waals surface area contributed by atoms with E-state index in [0.29, 0.717) is 18.5 Å².